The van der Waals surface area contributed by atoms with Gasteiger partial charge in [-0.3, -0.25) is 9.52 Å². The van der Waals surface area contributed by atoms with Gasteiger partial charge in [0, 0.05) is 30.4 Å². The van der Waals surface area contributed by atoms with Crippen LogP contribution in [0.15, 0.2) is 84.3 Å². The summed E-state index contributed by atoms with van der Waals surface area (Å²) >= 11 is 0. The van der Waals surface area contributed by atoms with Crippen molar-refractivity contribution in [1.29, 1.82) is 0 Å². The number of carbonyl (C=O) groups is 1. The van der Waals surface area contributed by atoms with Crippen molar-refractivity contribution in [1.82, 2.24) is 4.90 Å². The molecule has 0 aliphatic carbocycles. The molecule has 6 nitrogen and oxygen atoms in total. The van der Waals surface area contributed by atoms with Gasteiger partial charge in [-0.15, -0.1) is 0 Å². The maximum absolute atomic E-state index is 12.7. The predicted molar refractivity (Wildman–Crippen MR) is 123 cm³/mol. The summed E-state index contributed by atoms with van der Waals surface area (Å²) in [6.45, 7) is 0.390. The molecule has 0 aromatic heterocycles. The Kier molecular flexibility index (Phi) is 7.10. The van der Waals surface area contributed by atoms with Gasteiger partial charge < -0.3 is 9.64 Å². The van der Waals surface area contributed by atoms with E-state index in [1.54, 1.807) is 43.3 Å². The average Bonchev–Trinajstić information content (AvgIpc) is 2.78. The molecule has 0 aliphatic rings. The minimum absolute atomic E-state index is 0.177. The van der Waals surface area contributed by atoms with Gasteiger partial charge in [-0.2, -0.15) is 0 Å². The van der Waals surface area contributed by atoms with Crippen LogP contribution in [0.2, 0.25) is 0 Å². The number of nitrogens with one attached hydrogen (secondary N) is 1. The average molecular weight is 437 g/mol. The number of benzene rings is 3. The number of sulfonamides is 1. The summed E-state index contributed by atoms with van der Waals surface area (Å²) in [5.41, 5.74) is 2.52. The third kappa shape index (κ3) is 6.20. The SMILES string of the molecule is COc1ccccc1CN(C)C(=O)c1ccc(NS(=O)(=O)/C=C/c2ccccc2)cc1. The molecule has 7 heteroatoms. The Morgan fingerprint density at radius 2 is 1.61 bits per heavy atom. The van der Waals surface area contributed by atoms with Gasteiger partial charge in [0.25, 0.3) is 15.9 Å². The van der Waals surface area contributed by atoms with Crippen LogP contribution >= 0.6 is 0 Å². The summed E-state index contributed by atoms with van der Waals surface area (Å²) in [6.07, 6.45) is 1.52. The number of ether oxygens (including phenoxy) is 1. The highest BCUT2D eigenvalue weighted by molar-refractivity contribution is 7.95. The van der Waals surface area contributed by atoms with Crippen molar-refractivity contribution >= 4 is 27.7 Å². The van der Waals surface area contributed by atoms with Gasteiger partial charge in [-0.1, -0.05) is 48.5 Å². The second-order valence-electron chi connectivity index (χ2n) is 6.91. The van der Waals surface area contributed by atoms with Crippen LogP contribution < -0.4 is 9.46 Å². The lowest BCUT2D eigenvalue weighted by Gasteiger charge is -2.19. The third-order valence-corrected chi connectivity index (χ3v) is 5.59. The van der Waals surface area contributed by atoms with Gasteiger partial charge in [0.1, 0.15) is 5.75 Å². The zero-order valence-corrected chi connectivity index (χ0v) is 18.2. The van der Waals surface area contributed by atoms with E-state index in [1.807, 2.05) is 54.6 Å². The van der Waals surface area contributed by atoms with Gasteiger partial charge in [-0.05, 0) is 42.0 Å². The Morgan fingerprint density at radius 1 is 0.968 bits per heavy atom. The lowest BCUT2D eigenvalue weighted by molar-refractivity contribution is 0.0784. The quantitative estimate of drug-likeness (QED) is 0.569. The van der Waals surface area contributed by atoms with Crippen molar-refractivity contribution in [2.24, 2.45) is 0 Å². The number of anilines is 1. The number of hydrogen-bond acceptors (Lipinski definition) is 4. The summed E-state index contributed by atoms with van der Waals surface area (Å²) in [5, 5.41) is 1.11. The molecule has 3 aromatic carbocycles. The largest absolute Gasteiger partial charge is 0.496 e. The molecule has 3 aromatic rings. The second-order valence-corrected chi connectivity index (χ2v) is 8.48. The van der Waals surface area contributed by atoms with E-state index in [2.05, 4.69) is 4.72 Å². The number of methoxy groups -OCH3 is 1. The normalized spacial score (nSPS) is 11.3. The Hall–Kier alpha value is -3.58. The van der Waals surface area contributed by atoms with Crippen LogP contribution in [0, 0.1) is 0 Å². The van der Waals surface area contributed by atoms with E-state index in [1.165, 1.54) is 6.08 Å². The van der Waals surface area contributed by atoms with E-state index >= 15 is 0 Å². The van der Waals surface area contributed by atoms with Crippen molar-refractivity contribution in [2.75, 3.05) is 18.9 Å². The first kappa shape index (κ1) is 22.1. The molecule has 0 fully saturated rings. The maximum Gasteiger partial charge on any atom is 0.255 e. The molecule has 1 N–H and O–H groups in total. The first-order valence-electron chi connectivity index (χ1n) is 9.61. The Morgan fingerprint density at radius 3 is 2.29 bits per heavy atom. The van der Waals surface area contributed by atoms with Gasteiger partial charge in [-0.25, -0.2) is 8.42 Å². The third-order valence-electron chi connectivity index (χ3n) is 4.58. The van der Waals surface area contributed by atoms with Crippen LogP contribution in [-0.4, -0.2) is 33.4 Å². The molecular formula is C24H24N2O4S. The van der Waals surface area contributed by atoms with Crippen molar-refractivity contribution in [3.63, 3.8) is 0 Å². The van der Waals surface area contributed by atoms with Gasteiger partial charge in [0.2, 0.25) is 0 Å². The number of rotatable bonds is 8. The predicted octanol–water partition coefficient (Wildman–Crippen LogP) is 4.38. The molecule has 0 radical (unpaired) electrons. The van der Waals surface area contributed by atoms with Crippen LogP contribution in [-0.2, 0) is 16.6 Å². The van der Waals surface area contributed by atoms with E-state index in [0.29, 0.717) is 17.8 Å². The zero-order chi connectivity index (χ0) is 22.3. The van der Waals surface area contributed by atoms with Crippen molar-refractivity contribution in [3.05, 3.63) is 101 Å². The molecule has 0 spiro atoms. The topological polar surface area (TPSA) is 75.7 Å². The van der Waals surface area contributed by atoms with E-state index in [0.717, 1.165) is 22.3 Å². The lowest BCUT2D eigenvalue weighted by Crippen LogP contribution is -2.26. The Bertz CT molecular complexity index is 1160. The Labute approximate surface area is 182 Å². The number of amides is 1. The van der Waals surface area contributed by atoms with E-state index in [4.69, 9.17) is 4.74 Å². The number of carbonyl (C=O) groups excluding carboxylic acids is 1. The monoisotopic (exact) mass is 436 g/mol. The molecule has 0 bridgehead atoms. The highest BCUT2D eigenvalue weighted by Crippen LogP contribution is 2.20. The molecular weight excluding hydrogens is 412 g/mol. The molecule has 0 aliphatic heterocycles. The minimum Gasteiger partial charge on any atom is -0.496 e. The molecule has 0 atom stereocenters. The van der Waals surface area contributed by atoms with Crippen LogP contribution in [0.3, 0.4) is 0 Å². The van der Waals surface area contributed by atoms with Gasteiger partial charge >= 0.3 is 0 Å². The molecule has 0 unspecified atom stereocenters. The summed E-state index contributed by atoms with van der Waals surface area (Å²) in [5.74, 6) is 0.541. The van der Waals surface area contributed by atoms with Crippen molar-refractivity contribution in [3.8, 4) is 5.75 Å². The van der Waals surface area contributed by atoms with E-state index in [-0.39, 0.29) is 5.91 Å². The maximum atomic E-state index is 12.7. The standard InChI is InChI=1S/C24H24N2O4S/c1-26(18-21-10-6-7-11-23(21)30-2)24(27)20-12-14-22(15-13-20)25-31(28,29)17-16-19-8-4-3-5-9-19/h3-17,25H,18H2,1-2H3/b17-16+. The summed E-state index contributed by atoms with van der Waals surface area (Å²) in [7, 11) is -0.370. The van der Waals surface area contributed by atoms with Crippen LogP contribution in [0.5, 0.6) is 5.75 Å². The van der Waals surface area contributed by atoms with Gasteiger partial charge in [0.05, 0.1) is 12.5 Å². The molecule has 160 valence electrons. The fourth-order valence-electron chi connectivity index (χ4n) is 2.99. The molecule has 3 rings (SSSR count). The summed E-state index contributed by atoms with van der Waals surface area (Å²) in [4.78, 5) is 14.3. The number of hydrogen-bond donors (Lipinski definition) is 1. The number of para-hydroxylation sites is 1. The first-order valence-corrected chi connectivity index (χ1v) is 11.2. The summed E-state index contributed by atoms with van der Waals surface area (Å²) in [6, 6.07) is 23.0. The van der Waals surface area contributed by atoms with E-state index < -0.39 is 10.0 Å². The fraction of sp³-hybridized carbons (Fsp3) is 0.125. The highest BCUT2D eigenvalue weighted by atomic mass is 32.2. The summed E-state index contributed by atoms with van der Waals surface area (Å²) < 4.78 is 32.4. The van der Waals surface area contributed by atoms with Crippen LogP contribution in [0.4, 0.5) is 5.69 Å². The minimum atomic E-state index is -3.67. The molecule has 0 saturated carbocycles. The molecule has 0 heterocycles. The lowest BCUT2D eigenvalue weighted by atomic mass is 10.1. The molecule has 0 saturated heterocycles. The molecule has 31 heavy (non-hydrogen) atoms. The van der Waals surface area contributed by atoms with Crippen LogP contribution in [0.1, 0.15) is 21.5 Å². The fourth-order valence-corrected chi connectivity index (χ4v) is 3.86. The highest BCUT2D eigenvalue weighted by Gasteiger charge is 2.14. The van der Waals surface area contributed by atoms with Crippen LogP contribution in [0.25, 0.3) is 6.08 Å². The van der Waals surface area contributed by atoms with Crippen molar-refractivity contribution < 1.29 is 17.9 Å². The second kappa shape index (κ2) is 9.95. The molecule has 1 amide bonds. The van der Waals surface area contributed by atoms with Crippen molar-refractivity contribution in [2.45, 2.75) is 6.54 Å². The zero-order valence-electron chi connectivity index (χ0n) is 17.4. The Balaban J connectivity index is 1.65. The van der Waals surface area contributed by atoms with E-state index in [9.17, 15) is 13.2 Å². The van der Waals surface area contributed by atoms with Gasteiger partial charge in [0.15, 0.2) is 0 Å². The smallest absolute Gasteiger partial charge is 0.255 e. The first-order chi connectivity index (χ1) is 14.9. The number of nitrogens with zero attached hydrogens (tertiary/aromatic N) is 1.